The van der Waals surface area contributed by atoms with Crippen LogP contribution < -0.4 is 10.6 Å². The minimum Gasteiger partial charge on any atom is -0.367 e. The Bertz CT molecular complexity index is 853. The van der Waals surface area contributed by atoms with Gasteiger partial charge in [-0.1, -0.05) is 30.3 Å². The summed E-state index contributed by atoms with van der Waals surface area (Å²) in [6.07, 6.45) is -0.825. The summed E-state index contributed by atoms with van der Waals surface area (Å²) < 4.78 is 5.27. The molecule has 1 heterocycles. The topological polar surface area (TPSA) is 116 Å². The number of carbonyl (C=O) groups excluding carboxylic acids is 2. The molecule has 2 aromatic carbocycles. The molecule has 0 aliphatic carbocycles. The molecular weight excluding hydrogens is 338 g/mol. The maximum Gasteiger partial charge on any atom is 0.293 e. The third kappa shape index (κ3) is 3.55. The van der Waals surface area contributed by atoms with Gasteiger partial charge < -0.3 is 15.4 Å². The first-order chi connectivity index (χ1) is 12.5. The molecule has 8 heteroatoms. The summed E-state index contributed by atoms with van der Waals surface area (Å²) in [6, 6.07) is 12.9. The molecule has 1 aliphatic heterocycles. The zero-order chi connectivity index (χ0) is 18.7. The average Bonchev–Trinajstić information content (AvgIpc) is 2.67. The van der Waals surface area contributed by atoms with Crippen molar-refractivity contribution in [2.45, 2.75) is 6.10 Å². The summed E-state index contributed by atoms with van der Waals surface area (Å²) in [7, 11) is 0. The maximum absolute atomic E-state index is 12.5. The van der Waals surface area contributed by atoms with Gasteiger partial charge in [-0.2, -0.15) is 0 Å². The van der Waals surface area contributed by atoms with Crippen LogP contribution in [0, 0.1) is 10.1 Å². The van der Waals surface area contributed by atoms with E-state index in [9.17, 15) is 19.7 Å². The lowest BCUT2D eigenvalue weighted by atomic mass is 10.0. The first kappa shape index (κ1) is 17.6. The summed E-state index contributed by atoms with van der Waals surface area (Å²) in [4.78, 5) is 36.5. The predicted octanol–water partition coefficient (Wildman–Crippen LogP) is 1.52. The molecule has 134 valence electrons. The molecule has 1 saturated heterocycles. The van der Waals surface area contributed by atoms with Crippen molar-refractivity contribution in [2.75, 3.05) is 24.6 Å². The Morgan fingerprint density at radius 3 is 2.54 bits per heavy atom. The Hall–Kier alpha value is -3.26. The number of nitro groups is 1. The van der Waals surface area contributed by atoms with Crippen molar-refractivity contribution in [2.24, 2.45) is 5.73 Å². The van der Waals surface area contributed by atoms with Crippen LogP contribution in [0.25, 0.3) is 0 Å². The highest BCUT2D eigenvalue weighted by Crippen LogP contribution is 2.31. The van der Waals surface area contributed by atoms with Crippen LogP contribution >= 0.6 is 0 Å². The van der Waals surface area contributed by atoms with Crippen LogP contribution in [0.1, 0.15) is 15.9 Å². The fourth-order valence-corrected chi connectivity index (χ4v) is 2.87. The standard InChI is InChI=1S/C18H17N3O5/c19-18(23)16-11-20(8-9-26-16)14-7-6-13(10-15(14)21(24)25)17(22)12-4-2-1-3-5-12/h1-7,10,16H,8-9,11H2,(H2,19,23). The van der Waals surface area contributed by atoms with E-state index >= 15 is 0 Å². The van der Waals surface area contributed by atoms with E-state index in [-0.39, 0.29) is 30.2 Å². The van der Waals surface area contributed by atoms with Gasteiger partial charge in [0.2, 0.25) is 5.91 Å². The minimum atomic E-state index is -0.825. The highest BCUT2D eigenvalue weighted by Gasteiger charge is 2.29. The summed E-state index contributed by atoms with van der Waals surface area (Å²) >= 11 is 0. The number of nitrogens with two attached hydrogens (primary N) is 1. The minimum absolute atomic E-state index is 0.127. The number of nitrogens with zero attached hydrogens (tertiary/aromatic N) is 2. The molecule has 1 atom stereocenters. The number of hydrogen-bond acceptors (Lipinski definition) is 6. The first-order valence-corrected chi connectivity index (χ1v) is 8.01. The molecule has 0 saturated carbocycles. The molecule has 0 bridgehead atoms. The molecule has 8 nitrogen and oxygen atoms in total. The van der Waals surface area contributed by atoms with Gasteiger partial charge in [-0.15, -0.1) is 0 Å². The Balaban J connectivity index is 1.94. The van der Waals surface area contributed by atoms with E-state index < -0.39 is 16.9 Å². The number of nitro benzene ring substituents is 1. The number of ketones is 1. The second-order valence-electron chi connectivity index (χ2n) is 5.86. The quantitative estimate of drug-likeness (QED) is 0.494. The number of carbonyl (C=O) groups is 2. The van der Waals surface area contributed by atoms with Gasteiger partial charge in [0.05, 0.1) is 18.1 Å². The van der Waals surface area contributed by atoms with Crippen molar-refractivity contribution in [1.82, 2.24) is 0 Å². The number of rotatable bonds is 5. The Kier molecular flexibility index (Phi) is 4.94. The summed E-state index contributed by atoms with van der Waals surface area (Å²) in [5.74, 6) is -0.912. The fraction of sp³-hybridized carbons (Fsp3) is 0.222. The van der Waals surface area contributed by atoms with Crippen LogP contribution in [-0.4, -0.2) is 42.4 Å². The largest absolute Gasteiger partial charge is 0.367 e. The van der Waals surface area contributed by atoms with E-state index in [1.807, 2.05) is 0 Å². The van der Waals surface area contributed by atoms with Gasteiger partial charge in [0.1, 0.15) is 5.69 Å². The van der Waals surface area contributed by atoms with Crippen molar-refractivity contribution in [3.8, 4) is 0 Å². The molecule has 0 aromatic heterocycles. The fourth-order valence-electron chi connectivity index (χ4n) is 2.87. The Morgan fingerprint density at radius 2 is 1.88 bits per heavy atom. The maximum atomic E-state index is 12.5. The molecule has 2 N–H and O–H groups in total. The number of anilines is 1. The smallest absolute Gasteiger partial charge is 0.293 e. The van der Waals surface area contributed by atoms with Crippen LogP contribution in [0.3, 0.4) is 0 Å². The summed E-state index contributed by atoms with van der Waals surface area (Å²) in [6.45, 7) is 0.744. The Labute approximate surface area is 149 Å². The van der Waals surface area contributed by atoms with Crippen LogP contribution in [-0.2, 0) is 9.53 Å². The van der Waals surface area contributed by atoms with Crippen molar-refractivity contribution in [3.63, 3.8) is 0 Å². The average molecular weight is 355 g/mol. The molecule has 1 unspecified atom stereocenters. The molecule has 0 radical (unpaired) electrons. The van der Waals surface area contributed by atoms with Gasteiger partial charge in [-0.3, -0.25) is 19.7 Å². The lowest BCUT2D eigenvalue weighted by molar-refractivity contribution is -0.384. The van der Waals surface area contributed by atoms with Crippen molar-refractivity contribution < 1.29 is 19.2 Å². The van der Waals surface area contributed by atoms with E-state index in [0.717, 1.165) is 0 Å². The first-order valence-electron chi connectivity index (χ1n) is 8.01. The number of amides is 1. The highest BCUT2D eigenvalue weighted by atomic mass is 16.6. The second-order valence-corrected chi connectivity index (χ2v) is 5.86. The highest BCUT2D eigenvalue weighted by molar-refractivity contribution is 6.09. The number of morpholine rings is 1. The van der Waals surface area contributed by atoms with Gasteiger partial charge in [0.25, 0.3) is 5.69 Å². The molecule has 3 rings (SSSR count). The molecular formula is C18H17N3O5. The van der Waals surface area contributed by atoms with Crippen LogP contribution in [0.5, 0.6) is 0 Å². The number of ether oxygens (including phenoxy) is 1. The molecule has 26 heavy (non-hydrogen) atoms. The third-order valence-electron chi connectivity index (χ3n) is 4.19. The van der Waals surface area contributed by atoms with Crippen LogP contribution in [0.4, 0.5) is 11.4 Å². The van der Waals surface area contributed by atoms with Gasteiger partial charge in [0.15, 0.2) is 11.9 Å². The monoisotopic (exact) mass is 355 g/mol. The van der Waals surface area contributed by atoms with Gasteiger partial charge in [-0.05, 0) is 12.1 Å². The lowest BCUT2D eigenvalue weighted by Gasteiger charge is -2.32. The number of benzene rings is 2. The second kappa shape index (κ2) is 7.32. The van der Waals surface area contributed by atoms with E-state index in [2.05, 4.69) is 0 Å². The molecule has 1 aliphatic rings. The van der Waals surface area contributed by atoms with Gasteiger partial charge in [-0.25, -0.2) is 0 Å². The van der Waals surface area contributed by atoms with Crippen LogP contribution in [0.2, 0.25) is 0 Å². The Morgan fingerprint density at radius 1 is 1.15 bits per heavy atom. The molecule has 2 aromatic rings. The molecule has 1 amide bonds. The molecule has 1 fully saturated rings. The van der Waals surface area contributed by atoms with E-state index in [1.165, 1.54) is 12.1 Å². The third-order valence-corrected chi connectivity index (χ3v) is 4.19. The predicted molar refractivity (Wildman–Crippen MR) is 94.1 cm³/mol. The zero-order valence-electron chi connectivity index (χ0n) is 13.8. The number of hydrogen-bond donors (Lipinski definition) is 1. The van der Waals surface area contributed by atoms with Crippen molar-refractivity contribution >= 4 is 23.1 Å². The van der Waals surface area contributed by atoms with Crippen molar-refractivity contribution in [3.05, 3.63) is 69.8 Å². The zero-order valence-corrected chi connectivity index (χ0v) is 13.8. The summed E-state index contributed by atoms with van der Waals surface area (Å²) in [5, 5.41) is 11.5. The van der Waals surface area contributed by atoms with Crippen LogP contribution in [0.15, 0.2) is 48.5 Å². The molecule has 0 spiro atoms. The van der Waals surface area contributed by atoms with Crippen molar-refractivity contribution in [1.29, 1.82) is 0 Å². The SMILES string of the molecule is NC(=O)C1CN(c2ccc(C(=O)c3ccccc3)cc2[N+](=O)[O-])CCO1. The van der Waals surface area contributed by atoms with Gasteiger partial charge >= 0.3 is 0 Å². The van der Waals surface area contributed by atoms with E-state index in [1.54, 1.807) is 41.3 Å². The summed E-state index contributed by atoms with van der Waals surface area (Å²) in [5.41, 5.74) is 6.08. The lowest BCUT2D eigenvalue weighted by Crippen LogP contribution is -2.48. The van der Waals surface area contributed by atoms with E-state index in [0.29, 0.717) is 17.8 Å². The number of primary amides is 1. The van der Waals surface area contributed by atoms with Gasteiger partial charge in [0, 0.05) is 23.7 Å². The van der Waals surface area contributed by atoms with E-state index in [4.69, 9.17) is 10.5 Å². The normalized spacial score (nSPS) is 16.9.